The van der Waals surface area contributed by atoms with Crippen LogP contribution in [0.15, 0.2) is 30.3 Å². The van der Waals surface area contributed by atoms with Crippen LogP contribution in [0, 0.1) is 20.8 Å². The van der Waals surface area contributed by atoms with E-state index in [2.05, 4.69) is 32.9 Å². The van der Waals surface area contributed by atoms with Crippen molar-refractivity contribution in [3.05, 3.63) is 51.2 Å². The standard InChI is InChI=1S/C19H23NO2S/c1-13-6-8-16(11-14(13)2)22-12-19(21)20-10-4-5-17(20)18-9-7-15(3)23-18/h6-9,11,17H,4-5,10,12H2,1-3H3. The zero-order valence-electron chi connectivity index (χ0n) is 14.0. The van der Waals surface area contributed by atoms with E-state index >= 15 is 0 Å². The summed E-state index contributed by atoms with van der Waals surface area (Å²) in [6, 6.07) is 10.5. The number of rotatable bonds is 4. The van der Waals surface area contributed by atoms with Crippen molar-refractivity contribution in [2.24, 2.45) is 0 Å². The molecule has 2 aromatic rings. The quantitative estimate of drug-likeness (QED) is 0.831. The third kappa shape index (κ3) is 3.58. The molecule has 1 aromatic heterocycles. The molecule has 1 aliphatic rings. The van der Waals surface area contributed by atoms with Gasteiger partial charge in [0.1, 0.15) is 5.75 Å². The highest BCUT2D eigenvalue weighted by Gasteiger charge is 2.30. The normalized spacial score (nSPS) is 17.5. The van der Waals surface area contributed by atoms with E-state index in [1.807, 2.05) is 23.1 Å². The van der Waals surface area contributed by atoms with Gasteiger partial charge in [-0.1, -0.05) is 6.07 Å². The van der Waals surface area contributed by atoms with Crippen LogP contribution in [-0.4, -0.2) is 24.0 Å². The molecule has 122 valence electrons. The Morgan fingerprint density at radius 3 is 2.74 bits per heavy atom. The lowest BCUT2D eigenvalue weighted by molar-refractivity contribution is -0.134. The summed E-state index contributed by atoms with van der Waals surface area (Å²) in [7, 11) is 0. The van der Waals surface area contributed by atoms with Gasteiger partial charge in [0.25, 0.3) is 5.91 Å². The summed E-state index contributed by atoms with van der Waals surface area (Å²) in [6.07, 6.45) is 2.12. The summed E-state index contributed by atoms with van der Waals surface area (Å²) < 4.78 is 5.72. The highest BCUT2D eigenvalue weighted by molar-refractivity contribution is 7.12. The molecule has 1 amide bonds. The maximum atomic E-state index is 12.6. The number of benzene rings is 1. The number of thiophene rings is 1. The molecule has 23 heavy (non-hydrogen) atoms. The van der Waals surface area contributed by atoms with Gasteiger partial charge in [0, 0.05) is 16.3 Å². The van der Waals surface area contributed by atoms with E-state index in [9.17, 15) is 4.79 Å². The van der Waals surface area contributed by atoms with E-state index in [1.54, 1.807) is 11.3 Å². The molecule has 4 heteroatoms. The average Bonchev–Trinajstić information content (AvgIpc) is 3.16. The Morgan fingerprint density at radius 1 is 1.22 bits per heavy atom. The Kier molecular flexibility index (Phi) is 4.71. The number of hydrogen-bond donors (Lipinski definition) is 0. The topological polar surface area (TPSA) is 29.5 Å². The fourth-order valence-corrected chi connectivity index (χ4v) is 4.05. The first-order valence-electron chi connectivity index (χ1n) is 8.10. The van der Waals surface area contributed by atoms with Gasteiger partial charge in [-0.3, -0.25) is 4.79 Å². The lowest BCUT2D eigenvalue weighted by atomic mass is 10.1. The maximum Gasteiger partial charge on any atom is 0.261 e. The Balaban J connectivity index is 1.64. The molecule has 3 rings (SSSR count). The first-order valence-corrected chi connectivity index (χ1v) is 8.92. The molecule has 0 spiro atoms. The Bertz CT molecular complexity index is 707. The van der Waals surface area contributed by atoms with E-state index < -0.39 is 0 Å². The fourth-order valence-electron chi connectivity index (χ4n) is 3.03. The first-order chi connectivity index (χ1) is 11.0. The lowest BCUT2D eigenvalue weighted by Gasteiger charge is -2.24. The summed E-state index contributed by atoms with van der Waals surface area (Å²) in [5, 5.41) is 0. The van der Waals surface area contributed by atoms with Crippen LogP contribution in [0.4, 0.5) is 0 Å². The molecule has 2 heterocycles. The molecule has 1 fully saturated rings. The van der Waals surface area contributed by atoms with Crippen molar-refractivity contribution in [3.8, 4) is 5.75 Å². The zero-order valence-corrected chi connectivity index (χ0v) is 14.8. The summed E-state index contributed by atoms with van der Waals surface area (Å²) in [4.78, 5) is 17.1. The minimum absolute atomic E-state index is 0.0804. The number of ether oxygens (including phenoxy) is 1. The summed E-state index contributed by atoms with van der Waals surface area (Å²) in [5.41, 5.74) is 2.42. The number of likely N-dealkylation sites (tertiary alicyclic amines) is 1. The summed E-state index contributed by atoms with van der Waals surface area (Å²) in [6.45, 7) is 7.18. The number of carbonyl (C=O) groups is 1. The van der Waals surface area contributed by atoms with E-state index in [0.29, 0.717) is 0 Å². The monoisotopic (exact) mass is 329 g/mol. The molecule has 0 bridgehead atoms. The van der Waals surface area contributed by atoms with Crippen molar-refractivity contribution in [1.29, 1.82) is 0 Å². The Labute approximate surface area is 141 Å². The third-order valence-electron chi connectivity index (χ3n) is 4.50. The van der Waals surface area contributed by atoms with Crippen molar-refractivity contribution in [2.75, 3.05) is 13.2 Å². The summed E-state index contributed by atoms with van der Waals surface area (Å²) >= 11 is 1.79. The number of aryl methyl sites for hydroxylation is 3. The number of hydrogen-bond acceptors (Lipinski definition) is 3. The number of nitrogens with zero attached hydrogens (tertiary/aromatic N) is 1. The predicted molar refractivity (Wildman–Crippen MR) is 94.2 cm³/mol. The molecular formula is C19H23NO2S. The number of carbonyl (C=O) groups excluding carboxylic acids is 1. The van der Waals surface area contributed by atoms with Gasteiger partial charge in [-0.05, 0) is 69.0 Å². The molecule has 1 aliphatic heterocycles. The van der Waals surface area contributed by atoms with Gasteiger partial charge in [0.15, 0.2) is 6.61 Å². The van der Waals surface area contributed by atoms with Gasteiger partial charge < -0.3 is 9.64 Å². The largest absolute Gasteiger partial charge is 0.484 e. The molecule has 1 aromatic carbocycles. The van der Waals surface area contributed by atoms with Crippen LogP contribution in [0.1, 0.15) is 39.8 Å². The van der Waals surface area contributed by atoms with Crippen molar-refractivity contribution in [1.82, 2.24) is 4.90 Å². The molecule has 0 radical (unpaired) electrons. The first kappa shape index (κ1) is 16.1. The van der Waals surface area contributed by atoms with Gasteiger partial charge in [-0.2, -0.15) is 0 Å². The van der Waals surface area contributed by atoms with Gasteiger partial charge in [-0.25, -0.2) is 0 Å². The van der Waals surface area contributed by atoms with E-state index in [-0.39, 0.29) is 18.6 Å². The molecular weight excluding hydrogens is 306 g/mol. The second kappa shape index (κ2) is 6.75. The lowest BCUT2D eigenvalue weighted by Crippen LogP contribution is -2.34. The number of amides is 1. The molecule has 0 aliphatic carbocycles. The minimum Gasteiger partial charge on any atom is -0.484 e. The predicted octanol–water partition coefficient (Wildman–Crippen LogP) is 4.42. The Hall–Kier alpha value is -1.81. The molecule has 0 saturated carbocycles. The van der Waals surface area contributed by atoms with Crippen LogP contribution in [-0.2, 0) is 4.79 Å². The summed E-state index contributed by atoms with van der Waals surface area (Å²) in [5.74, 6) is 0.848. The van der Waals surface area contributed by atoms with Gasteiger partial charge in [-0.15, -0.1) is 11.3 Å². The van der Waals surface area contributed by atoms with Gasteiger partial charge in [0.2, 0.25) is 0 Å². The zero-order chi connectivity index (χ0) is 16.4. The van der Waals surface area contributed by atoms with Crippen molar-refractivity contribution < 1.29 is 9.53 Å². The average molecular weight is 329 g/mol. The third-order valence-corrected chi connectivity index (χ3v) is 5.61. The molecule has 1 unspecified atom stereocenters. The van der Waals surface area contributed by atoms with Crippen LogP contribution in [0.2, 0.25) is 0 Å². The molecule has 3 nitrogen and oxygen atoms in total. The fraction of sp³-hybridized carbons (Fsp3) is 0.421. The van der Waals surface area contributed by atoms with E-state index in [0.717, 1.165) is 25.1 Å². The highest BCUT2D eigenvalue weighted by atomic mass is 32.1. The minimum atomic E-state index is 0.0804. The van der Waals surface area contributed by atoms with Crippen LogP contribution in [0.3, 0.4) is 0 Å². The van der Waals surface area contributed by atoms with E-state index in [1.165, 1.54) is 20.9 Å². The molecule has 1 atom stereocenters. The highest BCUT2D eigenvalue weighted by Crippen LogP contribution is 2.35. The van der Waals surface area contributed by atoms with Crippen molar-refractivity contribution in [3.63, 3.8) is 0 Å². The van der Waals surface area contributed by atoms with Gasteiger partial charge in [0.05, 0.1) is 6.04 Å². The smallest absolute Gasteiger partial charge is 0.261 e. The Morgan fingerprint density at radius 2 is 2.04 bits per heavy atom. The van der Waals surface area contributed by atoms with Crippen LogP contribution >= 0.6 is 11.3 Å². The SMILES string of the molecule is Cc1ccc(C2CCCN2C(=O)COc2ccc(C)c(C)c2)s1. The van der Waals surface area contributed by atoms with Gasteiger partial charge >= 0.3 is 0 Å². The van der Waals surface area contributed by atoms with Crippen LogP contribution in [0.5, 0.6) is 5.75 Å². The van der Waals surface area contributed by atoms with Crippen LogP contribution in [0.25, 0.3) is 0 Å². The second-order valence-corrected chi connectivity index (χ2v) is 7.55. The van der Waals surface area contributed by atoms with Crippen molar-refractivity contribution >= 4 is 17.2 Å². The van der Waals surface area contributed by atoms with Crippen LogP contribution < -0.4 is 4.74 Å². The molecule has 0 N–H and O–H groups in total. The van der Waals surface area contributed by atoms with Crippen molar-refractivity contribution in [2.45, 2.75) is 39.7 Å². The van der Waals surface area contributed by atoms with E-state index in [4.69, 9.17) is 4.74 Å². The second-order valence-electron chi connectivity index (χ2n) is 6.23. The maximum absolute atomic E-state index is 12.6. The molecule has 1 saturated heterocycles.